The van der Waals surface area contributed by atoms with Crippen molar-refractivity contribution in [2.45, 2.75) is 151 Å². The third kappa shape index (κ3) is 7.06. The lowest BCUT2D eigenvalue weighted by Crippen LogP contribution is -2.56. The summed E-state index contributed by atoms with van der Waals surface area (Å²) in [4.78, 5) is 26.1. The molecular formula is C36H58N2O4S. The highest BCUT2D eigenvalue weighted by Gasteiger charge is 2.61. The molecule has 6 nitrogen and oxygen atoms in total. The number of sulfonamides is 1. The minimum atomic E-state index is -3.39. The first-order valence-corrected chi connectivity index (χ1v) is 18.0. The average Bonchev–Trinajstić information content (AvgIpc) is 3.73. The second-order valence-corrected chi connectivity index (χ2v) is 18.8. The van der Waals surface area contributed by atoms with Crippen LogP contribution in [0.2, 0.25) is 0 Å². The molecule has 242 valence electrons. The number of nitriles is 1. The van der Waals surface area contributed by atoms with Crippen LogP contribution in [-0.2, 0) is 19.6 Å². The molecule has 0 bridgehead atoms. The molecule has 1 N–H and O–H groups in total. The van der Waals surface area contributed by atoms with Crippen LogP contribution in [0, 0.1) is 44.3 Å². The fraction of sp³-hybridized carbons (Fsp3) is 0.806. The Labute approximate surface area is 262 Å². The summed E-state index contributed by atoms with van der Waals surface area (Å²) in [7, 11) is -3.39. The van der Waals surface area contributed by atoms with Gasteiger partial charge in [-0.15, -0.1) is 0 Å². The predicted octanol–water partition coefficient (Wildman–Crippen LogP) is 8.24. The van der Waals surface area contributed by atoms with Gasteiger partial charge < -0.3 is 0 Å². The third-order valence-corrected chi connectivity index (χ3v) is 14.0. The van der Waals surface area contributed by atoms with E-state index in [9.17, 15) is 23.3 Å². The molecule has 0 aromatic heterocycles. The van der Waals surface area contributed by atoms with E-state index in [1.54, 1.807) is 13.0 Å². The lowest BCUT2D eigenvalue weighted by Gasteiger charge is -2.61. The molecule has 0 aromatic carbocycles. The van der Waals surface area contributed by atoms with Crippen LogP contribution >= 0.6 is 0 Å². The number of Topliss-reactive ketones (excluding diaryl/α,β-unsaturated/α-hetero) is 1. The van der Waals surface area contributed by atoms with E-state index in [-0.39, 0.29) is 39.1 Å². The zero-order valence-corrected chi connectivity index (χ0v) is 29.7. The van der Waals surface area contributed by atoms with Gasteiger partial charge in [-0.25, -0.2) is 13.1 Å². The first kappa shape index (κ1) is 35.7. The van der Waals surface area contributed by atoms with E-state index in [1.165, 1.54) is 0 Å². The molecule has 3 rings (SSSR count). The molecule has 4 atom stereocenters. The molecule has 0 aromatic rings. The summed E-state index contributed by atoms with van der Waals surface area (Å²) in [6.45, 7) is 23.1. The van der Waals surface area contributed by atoms with E-state index >= 15 is 0 Å². The summed E-state index contributed by atoms with van der Waals surface area (Å²) < 4.78 is 29.7. The van der Waals surface area contributed by atoms with Gasteiger partial charge in [0.1, 0.15) is 6.07 Å². The van der Waals surface area contributed by atoms with Crippen LogP contribution in [0.3, 0.4) is 0 Å². The molecule has 7 heteroatoms. The maximum absolute atomic E-state index is 13.3. The molecule has 0 saturated heterocycles. The first-order valence-electron chi connectivity index (χ1n) is 16.4. The van der Waals surface area contributed by atoms with Gasteiger partial charge in [0.2, 0.25) is 10.0 Å². The number of hydrogen-bond donors (Lipinski definition) is 1. The fourth-order valence-electron chi connectivity index (χ4n) is 8.43. The van der Waals surface area contributed by atoms with Crippen molar-refractivity contribution in [2.24, 2.45) is 33.0 Å². The van der Waals surface area contributed by atoms with Crippen LogP contribution < -0.4 is 4.72 Å². The van der Waals surface area contributed by atoms with Gasteiger partial charge in [0.05, 0.1) is 10.8 Å². The number of carbonyl (C=O) groups excluding carboxylic acids is 2. The van der Waals surface area contributed by atoms with Crippen molar-refractivity contribution in [3.63, 3.8) is 0 Å². The number of nitrogens with zero attached hydrogens (tertiary/aromatic N) is 1. The van der Waals surface area contributed by atoms with Crippen LogP contribution in [0.1, 0.15) is 140 Å². The van der Waals surface area contributed by atoms with Crippen molar-refractivity contribution >= 4 is 21.6 Å². The van der Waals surface area contributed by atoms with Gasteiger partial charge in [0, 0.05) is 16.4 Å². The highest BCUT2D eigenvalue weighted by atomic mass is 32.2. The summed E-state index contributed by atoms with van der Waals surface area (Å²) in [6, 6.07) is 2.16. The SMILES string of the molecule is CCCC(C)(C)CC[C@@](C)(CCC(C)(C)[C@]1(C)CC[C@H]2C(C)(C)C(=O)C(C#N)=C[C@]2(C)/C1=C/C(C)=O)NS(=O)(=O)C1CC1. The van der Waals surface area contributed by atoms with Crippen molar-refractivity contribution in [3.8, 4) is 6.07 Å². The maximum atomic E-state index is 13.3. The average molecular weight is 615 g/mol. The molecule has 2 fully saturated rings. The van der Waals surface area contributed by atoms with Crippen molar-refractivity contribution in [2.75, 3.05) is 0 Å². The Hall–Kier alpha value is -1.78. The number of rotatable bonds is 13. The molecule has 0 aliphatic heterocycles. The molecule has 43 heavy (non-hydrogen) atoms. The Balaban J connectivity index is 2.02. The van der Waals surface area contributed by atoms with Crippen molar-refractivity contribution in [3.05, 3.63) is 23.3 Å². The minimum Gasteiger partial charge on any atom is -0.295 e. The Kier molecular flexibility index (Phi) is 9.85. The number of allylic oxidation sites excluding steroid dienone is 4. The Morgan fingerprint density at radius 3 is 2.12 bits per heavy atom. The van der Waals surface area contributed by atoms with E-state index in [0.717, 1.165) is 63.4 Å². The fourth-order valence-corrected chi connectivity index (χ4v) is 10.2. The largest absolute Gasteiger partial charge is 0.295 e. The van der Waals surface area contributed by atoms with E-state index in [4.69, 9.17) is 0 Å². The monoisotopic (exact) mass is 614 g/mol. The van der Waals surface area contributed by atoms with Crippen molar-refractivity contribution in [1.82, 2.24) is 4.72 Å². The number of hydrogen-bond acceptors (Lipinski definition) is 5. The molecule has 3 aliphatic carbocycles. The summed E-state index contributed by atoms with van der Waals surface area (Å²) in [5.74, 6) is -0.191. The lowest BCUT2D eigenvalue weighted by atomic mass is 9.42. The predicted molar refractivity (Wildman–Crippen MR) is 175 cm³/mol. The van der Waals surface area contributed by atoms with Crippen LogP contribution in [0.25, 0.3) is 0 Å². The molecule has 0 spiro atoms. The molecule has 2 saturated carbocycles. The molecule has 0 radical (unpaired) electrons. The Morgan fingerprint density at radius 1 is 1.02 bits per heavy atom. The van der Waals surface area contributed by atoms with Gasteiger partial charge in [-0.2, -0.15) is 5.26 Å². The molecule has 0 unspecified atom stereocenters. The second kappa shape index (κ2) is 11.9. The zero-order valence-electron chi connectivity index (χ0n) is 28.9. The molecular weight excluding hydrogens is 556 g/mol. The van der Waals surface area contributed by atoms with Gasteiger partial charge in [-0.1, -0.05) is 80.4 Å². The van der Waals surface area contributed by atoms with E-state index in [0.29, 0.717) is 6.42 Å². The summed E-state index contributed by atoms with van der Waals surface area (Å²) >= 11 is 0. The minimum absolute atomic E-state index is 0.0320. The summed E-state index contributed by atoms with van der Waals surface area (Å²) in [5, 5.41) is 9.65. The molecule has 3 aliphatic rings. The maximum Gasteiger partial charge on any atom is 0.214 e. The van der Waals surface area contributed by atoms with E-state index < -0.39 is 31.8 Å². The lowest BCUT2D eigenvalue weighted by molar-refractivity contribution is -0.131. The first-order chi connectivity index (χ1) is 19.5. The Morgan fingerprint density at radius 2 is 1.60 bits per heavy atom. The van der Waals surface area contributed by atoms with Crippen molar-refractivity contribution < 1.29 is 18.0 Å². The number of nitrogens with one attached hydrogen (secondary N) is 1. The highest BCUT2D eigenvalue weighted by molar-refractivity contribution is 7.90. The third-order valence-electron chi connectivity index (χ3n) is 11.9. The Bertz CT molecular complexity index is 1330. The van der Waals surface area contributed by atoms with Crippen LogP contribution in [0.4, 0.5) is 0 Å². The van der Waals surface area contributed by atoms with Gasteiger partial charge in [0.25, 0.3) is 0 Å². The number of carbonyl (C=O) groups is 2. The number of ketones is 2. The topological polar surface area (TPSA) is 104 Å². The molecule has 0 amide bonds. The van der Waals surface area contributed by atoms with Gasteiger partial charge in [0.15, 0.2) is 11.6 Å². The summed E-state index contributed by atoms with van der Waals surface area (Å²) in [6.07, 6.45) is 12.0. The van der Waals surface area contributed by atoms with Gasteiger partial charge >= 0.3 is 0 Å². The summed E-state index contributed by atoms with van der Waals surface area (Å²) in [5.41, 5.74) is -1.35. The zero-order chi connectivity index (χ0) is 32.9. The van der Waals surface area contributed by atoms with Crippen molar-refractivity contribution in [1.29, 1.82) is 5.26 Å². The normalized spacial score (nSPS) is 30.3. The smallest absolute Gasteiger partial charge is 0.214 e. The quantitative estimate of drug-likeness (QED) is 0.210. The van der Waals surface area contributed by atoms with E-state index in [1.807, 2.05) is 19.9 Å². The van der Waals surface area contributed by atoms with Gasteiger partial charge in [-0.05, 0) is 99.9 Å². The highest BCUT2D eigenvalue weighted by Crippen LogP contribution is 2.67. The standard InChI is InChI=1S/C36H58N2O4S/c1-12-16-31(3,4)18-20-34(9,38-43(41,42)27-13-14-27)21-19-32(5,6)36(11)17-15-28-33(7,8)30(40)26(24-37)23-35(28,10)29(36)22-25(2)39/h22-23,27-28,38H,12-21H2,1-11H3/b29-22-/t28-,34-,35-,36+/m0/s1. The van der Waals surface area contributed by atoms with E-state index in [2.05, 4.69) is 66.2 Å². The number of fused-ring (bicyclic) bond motifs is 1. The van der Waals surface area contributed by atoms with Crippen LogP contribution in [0.15, 0.2) is 23.3 Å². The van der Waals surface area contributed by atoms with Crippen LogP contribution in [-0.4, -0.2) is 30.8 Å². The molecule has 0 heterocycles. The second-order valence-electron chi connectivity index (χ2n) is 16.8. The van der Waals surface area contributed by atoms with Gasteiger partial charge in [-0.3, -0.25) is 9.59 Å². The van der Waals surface area contributed by atoms with Crippen LogP contribution in [0.5, 0.6) is 0 Å².